The molecule has 2 heterocycles. The van der Waals surface area contributed by atoms with E-state index in [4.69, 9.17) is 0 Å². The van der Waals surface area contributed by atoms with Crippen molar-refractivity contribution in [3.05, 3.63) is 57.8 Å². The molecule has 1 aromatic carbocycles. The Morgan fingerprint density at radius 3 is 2.89 bits per heavy atom. The van der Waals surface area contributed by atoms with E-state index in [0.717, 1.165) is 32.4 Å². The van der Waals surface area contributed by atoms with Crippen LogP contribution in [-0.2, 0) is 0 Å². The molecule has 3 rings (SSSR count). The molecule has 1 aromatic heterocycles. The van der Waals surface area contributed by atoms with Crippen molar-refractivity contribution >= 4 is 18.3 Å². The van der Waals surface area contributed by atoms with Crippen molar-refractivity contribution in [2.24, 2.45) is 5.92 Å². The number of halogens is 2. The molecule has 146 valence electrons. The fourth-order valence-electron chi connectivity index (χ4n) is 3.22. The summed E-state index contributed by atoms with van der Waals surface area (Å²) in [5.74, 6) is -0.461. The maximum absolute atomic E-state index is 14.1. The molecule has 6 nitrogen and oxygen atoms in total. The number of carbonyl (C=O) groups excluding carboxylic acids is 1. The lowest BCUT2D eigenvalue weighted by Gasteiger charge is -2.22. The van der Waals surface area contributed by atoms with E-state index < -0.39 is 17.2 Å². The van der Waals surface area contributed by atoms with Gasteiger partial charge in [0.25, 0.3) is 5.91 Å². The van der Waals surface area contributed by atoms with E-state index in [1.807, 2.05) is 0 Å². The number of aryl methyl sites for hydroxylation is 1. The van der Waals surface area contributed by atoms with Gasteiger partial charge in [0, 0.05) is 18.3 Å². The number of para-hydroxylation sites is 1. The van der Waals surface area contributed by atoms with Crippen LogP contribution in [0.3, 0.4) is 0 Å². The summed E-state index contributed by atoms with van der Waals surface area (Å²) in [5.41, 5.74) is -0.0233. The first-order valence-electron chi connectivity index (χ1n) is 8.91. The van der Waals surface area contributed by atoms with Crippen LogP contribution in [0.1, 0.15) is 35.4 Å². The maximum atomic E-state index is 14.1. The number of hydrogen-bond acceptors (Lipinski definition) is 4. The summed E-state index contributed by atoms with van der Waals surface area (Å²) in [5, 5.41) is 10.2. The molecule has 27 heavy (non-hydrogen) atoms. The predicted octanol–water partition coefficient (Wildman–Crippen LogP) is 2.22. The monoisotopic (exact) mass is 394 g/mol. The van der Waals surface area contributed by atoms with Gasteiger partial charge >= 0.3 is 0 Å². The first kappa shape index (κ1) is 21.1. The van der Waals surface area contributed by atoms with E-state index in [9.17, 15) is 14.0 Å². The number of nitrogens with zero attached hydrogens (tertiary/aromatic N) is 2. The van der Waals surface area contributed by atoms with E-state index in [1.165, 1.54) is 16.8 Å². The first-order chi connectivity index (χ1) is 12.6. The highest BCUT2D eigenvalue weighted by molar-refractivity contribution is 5.92. The summed E-state index contributed by atoms with van der Waals surface area (Å²) in [4.78, 5) is 24.6. The van der Waals surface area contributed by atoms with Crippen molar-refractivity contribution in [3.8, 4) is 5.69 Å². The van der Waals surface area contributed by atoms with Gasteiger partial charge in [-0.05, 0) is 57.3 Å². The van der Waals surface area contributed by atoms with Crippen LogP contribution >= 0.6 is 12.4 Å². The summed E-state index contributed by atoms with van der Waals surface area (Å²) >= 11 is 0. The summed E-state index contributed by atoms with van der Waals surface area (Å²) in [7, 11) is 0. The molecule has 1 saturated heterocycles. The number of aromatic nitrogens is 2. The minimum absolute atomic E-state index is 0. The number of nitrogens with one attached hydrogen (secondary N) is 2. The highest BCUT2D eigenvalue weighted by Gasteiger charge is 2.17. The molecule has 2 N–H and O–H groups in total. The van der Waals surface area contributed by atoms with Crippen LogP contribution < -0.4 is 16.1 Å². The van der Waals surface area contributed by atoms with Crippen molar-refractivity contribution in [2.45, 2.75) is 26.2 Å². The molecule has 2 aromatic rings. The largest absolute Gasteiger partial charge is 0.351 e. The van der Waals surface area contributed by atoms with Gasteiger partial charge in [0.1, 0.15) is 11.5 Å². The maximum Gasteiger partial charge on any atom is 0.275 e. The third kappa shape index (κ3) is 5.14. The summed E-state index contributed by atoms with van der Waals surface area (Å²) < 4.78 is 15.3. The summed E-state index contributed by atoms with van der Waals surface area (Å²) in [6, 6.07) is 7.42. The predicted molar refractivity (Wildman–Crippen MR) is 104 cm³/mol. The van der Waals surface area contributed by atoms with Crippen LogP contribution in [0.5, 0.6) is 0 Å². The van der Waals surface area contributed by atoms with E-state index in [1.54, 1.807) is 25.1 Å². The molecular formula is C19H24ClFN4O2. The Labute approximate surface area is 163 Å². The SMILES string of the molecule is Cc1cc(=O)c(C(=O)NCCC2CCCNC2)nn1-c1ccccc1F.Cl. The van der Waals surface area contributed by atoms with Gasteiger partial charge in [-0.25, -0.2) is 9.07 Å². The smallest absolute Gasteiger partial charge is 0.275 e. The van der Waals surface area contributed by atoms with E-state index in [2.05, 4.69) is 15.7 Å². The fraction of sp³-hybridized carbons (Fsp3) is 0.421. The molecule has 0 aliphatic carbocycles. The second kappa shape index (κ2) is 9.62. The lowest BCUT2D eigenvalue weighted by Crippen LogP contribution is -2.35. The molecule has 1 fully saturated rings. The Hall–Kier alpha value is -2.25. The second-order valence-corrected chi connectivity index (χ2v) is 6.62. The number of hydrogen-bond donors (Lipinski definition) is 2. The molecular weight excluding hydrogens is 371 g/mol. The topological polar surface area (TPSA) is 76.0 Å². The van der Waals surface area contributed by atoms with Gasteiger partial charge in [-0.1, -0.05) is 12.1 Å². The quantitative estimate of drug-likeness (QED) is 0.815. The first-order valence-corrected chi connectivity index (χ1v) is 8.91. The summed E-state index contributed by atoms with van der Waals surface area (Å²) in [6.45, 7) is 4.14. The van der Waals surface area contributed by atoms with Gasteiger partial charge in [-0.2, -0.15) is 5.10 Å². The Bertz CT molecular complexity index is 850. The van der Waals surface area contributed by atoms with Crippen molar-refractivity contribution in [2.75, 3.05) is 19.6 Å². The Morgan fingerprint density at radius 1 is 1.41 bits per heavy atom. The highest BCUT2D eigenvalue weighted by atomic mass is 35.5. The van der Waals surface area contributed by atoms with Gasteiger partial charge < -0.3 is 10.6 Å². The molecule has 1 aliphatic heterocycles. The number of carbonyl (C=O) groups is 1. The standard InChI is InChI=1S/C19H23FN4O2.ClH/c1-13-11-17(25)18(23-24(13)16-7-3-2-6-15(16)20)19(26)22-10-8-14-5-4-9-21-12-14;/h2-3,6-7,11,14,21H,4-5,8-10,12H2,1H3,(H,22,26);1H. The third-order valence-corrected chi connectivity index (χ3v) is 4.64. The minimum atomic E-state index is -0.524. The zero-order valence-corrected chi connectivity index (χ0v) is 16.0. The molecule has 1 atom stereocenters. The van der Waals surface area contributed by atoms with E-state index in [-0.39, 0.29) is 23.8 Å². The van der Waals surface area contributed by atoms with E-state index in [0.29, 0.717) is 18.2 Å². The molecule has 1 aliphatic rings. The van der Waals surface area contributed by atoms with Gasteiger partial charge in [0.2, 0.25) is 5.43 Å². The Kier molecular flexibility index (Phi) is 7.50. The molecule has 0 bridgehead atoms. The summed E-state index contributed by atoms with van der Waals surface area (Å²) in [6.07, 6.45) is 3.14. The van der Waals surface area contributed by atoms with E-state index >= 15 is 0 Å². The molecule has 1 amide bonds. The van der Waals surface area contributed by atoms with Gasteiger partial charge in [-0.15, -0.1) is 12.4 Å². The third-order valence-electron chi connectivity index (χ3n) is 4.64. The number of benzene rings is 1. The Balaban J connectivity index is 0.00000261. The number of amides is 1. The molecule has 0 radical (unpaired) electrons. The molecule has 8 heteroatoms. The van der Waals surface area contributed by atoms with Crippen LogP contribution in [0.4, 0.5) is 4.39 Å². The molecule has 1 unspecified atom stereocenters. The van der Waals surface area contributed by atoms with Crippen LogP contribution in [-0.4, -0.2) is 35.3 Å². The van der Waals surface area contributed by atoms with Crippen molar-refractivity contribution in [1.82, 2.24) is 20.4 Å². The molecule has 0 saturated carbocycles. The zero-order chi connectivity index (χ0) is 18.5. The fourth-order valence-corrected chi connectivity index (χ4v) is 3.22. The lowest BCUT2D eigenvalue weighted by molar-refractivity contribution is 0.0942. The normalized spacial score (nSPS) is 16.4. The van der Waals surface area contributed by atoms with Gasteiger partial charge in [0.15, 0.2) is 5.69 Å². The average Bonchev–Trinajstić information content (AvgIpc) is 2.63. The van der Waals surface area contributed by atoms with Crippen LogP contribution in [0.15, 0.2) is 35.1 Å². The van der Waals surface area contributed by atoms with Crippen LogP contribution in [0.2, 0.25) is 0 Å². The van der Waals surface area contributed by atoms with Crippen molar-refractivity contribution < 1.29 is 9.18 Å². The van der Waals surface area contributed by atoms with Gasteiger partial charge in [-0.3, -0.25) is 9.59 Å². The highest BCUT2D eigenvalue weighted by Crippen LogP contribution is 2.14. The second-order valence-electron chi connectivity index (χ2n) is 6.62. The van der Waals surface area contributed by atoms with Crippen LogP contribution in [0.25, 0.3) is 5.69 Å². The lowest BCUT2D eigenvalue weighted by atomic mass is 9.96. The minimum Gasteiger partial charge on any atom is -0.351 e. The molecule has 0 spiro atoms. The number of rotatable bonds is 5. The van der Waals surface area contributed by atoms with Gasteiger partial charge in [0.05, 0.1) is 0 Å². The zero-order valence-electron chi connectivity index (χ0n) is 15.2. The van der Waals surface area contributed by atoms with Crippen molar-refractivity contribution in [1.29, 1.82) is 0 Å². The number of piperidine rings is 1. The Morgan fingerprint density at radius 2 is 2.19 bits per heavy atom. The van der Waals surface area contributed by atoms with Crippen LogP contribution in [0, 0.1) is 18.7 Å². The van der Waals surface area contributed by atoms with Crippen molar-refractivity contribution in [3.63, 3.8) is 0 Å². The average molecular weight is 395 g/mol.